The zero-order valence-corrected chi connectivity index (χ0v) is 19.0. The van der Waals surface area contributed by atoms with Gasteiger partial charge in [0.15, 0.2) is 4.90 Å². The molecule has 11 heteroatoms. The monoisotopic (exact) mass is 486 g/mol. The van der Waals surface area contributed by atoms with Crippen molar-refractivity contribution in [1.29, 1.82) is 0 Å². The summed E-state index contributed by atoms with van der Waals surface area (Å²) in [6, 6.07) is 19.6. The van der Waals surface area contributed by atoms with Crippen molar-refractivity contribution in [2.24, 2.45) is 5.10 Å². The Morgan fingerprint density at radius 3 is 2.27 bits per heavy atom. The summed E-state index contributed by atoms with van der Waals surface area (Å²) < 4.78 is 27.6. The maximum absolute atomic E-state index is 13.4. The standard InChI is InChI=1S/C22H19ClN4O5S/c1-16(17-11-13-18(23)14-12-17)24-25-22(28)15-26(19-7-3-2-4-8-19)33(31,32)21-10-6-5-9-20(21)27(29)30/h2-14H,15H2,1H3,(H,25,28)/b24-16+. The Hall–Kier alpha value is -3.76. The Labute approximate surface area is 195 Å². The van der Waals surface area contributed by atoms with Crippen LogP contribution in [-0.2, 0) is 14.8 Å². The van der Waals surface area contributed by atoms with Crippen molar-refractivity contribution >= 4 is 44.6 Å². The van der Waals surface area contributed by atoms with Gasteiger partial charge < -0.3 is 0 Å². The second kappa shape index (κ2) is 10.2. The average Bonchev–Trinajstić information content (AvgIpc) is 2.81. The molecule has 0 aliphatic heterocycles. The van der Waals surface area contributed by atoms with Crippen LogP contribution in [0.25, 0.3) is 0 Å². The zero-order chi connectivity index (χ0) is 24.0. The van der Waals surface area contributed by atoms with Crippen molar-refractivity contribution < 1.29 is 18.1 Å². The number of sulfonamides is 1. The normalized spacial score (nSPS) is 11.6. The second-order valence-corrected chi connectivity index (χ2v) is 9.08. The minimum absolute atomic E-state index is 0.171. The zero-order valence-electron chi connectivity index (χ0n) is 17.4. The van der Waals surface area contributed by atoms with E-state index in [-0.39, 0.29) is 5.69 Å². The molecule has 0 heterocycles. The summed E-state index contributed by atoms with van der Waals surface area (Å²) in [5.41, 5.74) is 3.11. The SMILES string of the molecule is C/C(=N\NC(=O)CN(c1ccccc1)S(=O)(=O)c1ccccc1[N+](=O)[O-])c1ccc(Cl)cc1. The Kier molecular flexibility index (Phi) is 7.41. The van der Waals surface area contributed by atoms with Crippen LogP contribution in [0.3, 0.4) is 0 Å². The van der Waals surface area contributed by atoms with Crippen molar-refractivity contribution in [2.45, 2.75) is 11.8 Å². The van der Waals surface area contributed by atoms with Crippen molar-refractivity contribution in [2.75, 3.05) is 10.8 Å². The van der Waals surface area contributed by atoms with Crippen LogP contribution in [0, 0.1) is 10.1 Å². The highest BCUT2D eigenvalue weighted by Crippen LogP contribution is 2.29. The van der Waals surface area contributed by atoms with Gasteiger partial charge in [0.25, 0.3) is 21.6 Å². The predicted octanol–water partition coefficient (Wildman–Crippen LogP) is 3.98. The number of nitrogens with zero attached hydrogens (tertiary/aromatic N) is 3. The number of hydrazone groups is 1. The molecule has 0 unspecified atom stereocenters. The summed E-state index contributed by atoms with van der Waals surface area (Å²) in [4.78, 5) is 22.7. The van der Waals surface area contributed by atoms with Gasteiger partial charge >= 0.3 is 0 Å². The van der Waals surface area contributed by atoms with E-state index in [0.717, 1.165) is 16.4 Å². The molecule has 0 fully saturated rings. The van der Waals surface area contributed by atoms with Gasteiger partial charge in [0.05, 0.1) is 16.3 Å². The third-order valence-electron chi connectivity index (χ3n) is 4.57. The lowest BCUT2D eigenvalue weighted by atomic mass is 10.1. The second-order valence-electron chi connectivity index (χ2n) is 6.81. The van der Waals surface area contributed by atoms with E-state index < -0.39 is 38.0 Å². The number of nitro groups is 1. The Morgan fingerprint density at radius 1 is 1.03 bits per heavy atom. The number of anilines is 1. The minimum atomic E-state index is -4.45. The molecule has 0 bridgehead atoms. The molecule has 3 rings (SSSR count). The fourth-order valence-electron chi connectivity index (χ4n) is 2.92. The largest absolute Gasteiger partial charge is 0.289 e. The molecule has 3 aromatic rings. The Balaban J connectivity index is 1.91. The van der Waals surface area contributed by atoms with Gasteiger partial charge in [-0.05, 0) is 42.8 Å². The fraction of sp³-hybridized carbons (Fsp3) is 0.0909. The van der Waals surface area contributed by atoms with E-state index in [1.165, 1.54) is 24.3 Å². The van der Waals surface area contributed by atoms with Crippen LogP contribution < -0.4 is 9.73 Å². The number of para-hydroxylation sites is 2. The van der Waals surface area contributed by atoms with Crippen molar-refractivity contribution in [3.05, 3.63) is 99.6 Å². The molecule has 170 valence electrons. The molecule has 0 aliphatic carbocycles. The van der Waals surface area contributed by atoms with E-state index in [9.17, 15) is 23.3 Å². The van der Waals surface area contributed by atoms with Crippen molar-refractivity contribution in [1.82, 2.24) is 5.43 Å². The topological polar surface area (TPSA) is 122 Å². The number of carbonyl (C=O) groups excluding carboxylic acids is 1. The fourth-order valence-corrected chi connectivity index (χ4v) is 4.63. The third-order valence-corrected chi connectivity index (χ3v) is 6.64. The Bertz CT molecular complexity index is 1300. The number of hydrogen-bond acceptors (Lipinski definition) is 6. The van der Waals surface area contributed by atoms with Crippen molar-refractivity contribution in [3.8, 4) is 0 Å². The lowest BCUT2D eigenvalue weighted by Crippen LogP contribution is -2.40. The van der Waals surface area contributed by atoms with E-state index in [1.54, 1.807) is 49.4 Å². The third kappa shape index (κ3) is 5.73. The maximum Gasteiger partial charge on any atom is 0.289 e. The Morgan fingerprint density at radius 2 is 1.64 bits per heavy atom. The molecule has 0 radical (unpaired) electrons. The molecule has 33 heavy (non-hydrogen) atoms. The maximum atomic E-state index is 13.4. The molecule has 0 aliphatic rings. The average molecular weight is 487 g/mol. The van der Waals surface area contributed by atoms with Gasteiger partial charge in [-0.1, -0.05) is 54.1 Å². The van der Waals surface area contributed by atoms with Gasteiger partial charge in [-0.15, -0.1) is 0 Å². The van der Waals surface area contributed by atoms with E-state index in [0.29, 0.717) is 16.3 Å². The van der Waals surface area contributed by atoms with E-state index >= 15 is 0 Å². The van der Waals surface area contributed by atoms with Gasteiger partial charge in [-0.2, -0.15) is 5.10 Å². The van der Waals surface area contributed by atoms with Crippen molar-refractivity contribution in [3.63, 3.8) is 0 Å². The summed E-state index contributed by atoms with van der Waals surface area (Å²) in [5, 5.41) is 16.0. The number of amides is 1. The molecular formula is C22H19ClN4O5S. The lowest BCUT2D eigenvalue weighted by molar-refractivity contribution is -0.387. The molecule has 9 nitrogen and oxygen atoms in total. The molecular weight excluding hydrogens is 468 g/mol. The lowest BCUT2D eigenvalue weighted by Gasteiger charge is -2.23. The van der Waals surface area contributed by atoms with E-state index in [4.69, 9.17) is 11.6 Å². The molecule has 0 saturated carbocycles. The van der Waals surface area contributed by atoms with E-state index in [2.05, 4.69) is 10.5 Å². The number of benzene rings is 3. The first-order chi connectivity index (χ1) is 15.7. The first-order valence-electron chi connectivity index (χ1n) is 9.60. The summed E-state index contributed by atoms with van der Waals surface area (Å²) in [7, 11) is -4.45. The quantitative estimate of drug-likeness (QED) is 0.293. The number of nitro benzene ring substituents is 1. The summed E-state index contributed by atoms with van der Waals surface area (Å²) in [5.74, 6) is -0.727. The van der Waals surface area contributed by atoms with Crippen LogP contribution >= 0.6 is 11.6 Å². The molecule has 0 atom stereocenters. The van der Waals surface area contributed by atoms with Crippen LogP contribution in [0.1, 0.15) is 12.5 Å². The van der Waals surface area contributed by atoms with Gasteiger partial charge in [-0.25, -0.2) is 13.8 Å². The van der Waals surface area contributed by atoms with Crippen LogP contribution in [-0.4, -0.2) is 31.5 Å². The highest BCUT2D eigenvalue weighted by Gasteiger charge is 2.33. The van der Waals surface area contributed by atoms with Crippen LogP contribution in [0.15, 0.2) is 88.9 Å². The summed E-state index contributed by atoms with van der Waals surface area (Å²) >= 11 is 5.87. The molecule has 0 aromatic heterocycles. The molecule has 0 saturated heterocycles. The van der Waals surface area contributed by atoms with E-state index in [1.807, 2.05) is 0 Å². The highest BCUT2D eigenvalue weighted by atomic mass is 35.5. The van der Waals surface area contributed by atoms with Gasteiger partial charge in [0.1, 0.15) is 6.54 Å². The molecule has 0 spiro atoms. The predicted molar refractivity (Wildman–Crippen MR) is 126 cm³/mol. The van der Waals surface area contributed by atoms with Gasteiger partial charge in [0.2, 0.25) is 0 Å². The number of rotatable bonds is 8. The number of nitrogens with one attached hydrogen (secondary N) is 1. The molecule has 1 N–H and O–H groups in total. The van der Waals surface area contributed by atoms with Gasteiger partial charge in [0, 0.05) is 11.1 Å². The molecule has 3 aromatic carbocycles. The summed E-state index contributed by atoms with van der Waals surface area (Å²) in [6.07, 6.45) is 0. The first-order valence-corrected chi connectivity index (χ1v) is 11.4. The number of halogens is 1. The van der Waals surface area contributed by atoms with Crippen LogP contribution in [0.2, 0.25) is 5.02 Å². The highest BCUT2D eigenvalue weighted by molar-refractivity contribution is 7.93. The number of carbonyl (C=O) groups is 1. The minimum Gasteiger partial charge on any atom is -0.271 e. The van der Waals surface area contributed by atoms with Gasteiger partial charge in [-0.3, -0.25) is 19.2 Å². The first kappa shape index (κ1) is 23.9. The summed E-state index contributed by atoms with van der Waals surface area (Å²) in [6.45, 7) is 1.03. The molecule has 1 amide bonds. The van der Waals surface area contributed by atoms with Crippen LogP contribution in [0.5, 0.6) is 0 Å². The smallest absolute Gasteiger partial charge is 0.271 e. The van der Waals surface area contributed by atoms with Crippen LogP contribution in [0.4, 0.5) is 11.4 Å². The number of hydrogen-bond donors (Lipinski definition) is 1.